The molecular formula is C19H21ClN2O5. The first-order chi connectivity index (χ1) is 12.9. The van der Waals surface area contributed by atoms with Gasteiger partial charge in [-0.15, -0.1) is 0 Å². The van der Waals surface area contributed by atoms with E-state index in [1.807, 2.05) is 0 Å². The van der Waals surface area contributed by atoms with Crippen molar-refractivity contribution in [2.75, 3.05) is 25.6 Å². The number of nitrogens with zero attached hydrogens (tertiary/aromatic N) is 1. The van der Waals surface area contributed by atoms with Gasteiger partial charge in [0.1, 0.15) is 5.75 Å². The van der Waals surface area contributed by atoms with Crippen molar-refractivity contribution in [3.63, 3.8) is 0 Å². The Bertz CT molecular complexity index is 797. The normalized spacial score (nSPS) is 12.7. The molecule has 2 aromatic rings. The van der Waals surface area contributed by atoms with Crippen LogP contribution in [0.2, 0.25) is 5.02 Å². The number of rotatable bonds is 9. The molecule has 0 aromatic heterocycles. The van der Waals surface area contributed by atoms with Crippen LogP contribution in [0.25, 0.3) is 0 Å². The predicted octanol–water partition coefficient (Wildman–Crippen LogP) is 3.58. The zero-order valence-corrected chi connectivity index (χ0v) is 15.9. The fourth-order valence-electron chi connectivity index (χ4n) is 2.62. The van der Waals surface area contributed by atoms with Crippen molar-refractivity contribution in [3.8, 4) is 5.75 Å². The van der Waals surface area contributed by atoms with Crippen LogP contribution < -0.4 is 10.1 Å². The number of hydrogen-bond acceptors (Lipinski definition) is 6. The average molecular weight is 393 g/mol. The molecule has 2 rings (SSSR count). The average Bonchev–Trinajstić information content (AvgIpc) is 2.65. The van der Waals surface area contributed by atoms with Gasteiger partial charge in [0.2, 0.25) is 0 Å². The third-order valence-electron chi connectivity index (χ3n) is 4.07. The minimum atomic E-state index is -1.99. The van der Waals surface area contributed by atoms with Gasteiger partial charge in [0.05, 0.1) is 26.7 Å². The Labute approximate surface area is 162 Å². The number of carbonyl (C=O) groups excluding carboxylic acids is 1. The van der Waals surface area contributed by atoms with Gasteiger partial charge < -0.3 is 14.8 Å². The van der Waals surface area contributed by atoms with Crippen molar-refractivity contribution in [3.05, 3.63) is 69.2 Å². The highest BCUT2D eigenvalue weighted by Gasteiger charge is 2.52. The number of hydrogen-bond donors (Lipinski definition) is 1. The standard InChI is InChI=1S/C19H21ClN2O5/c1-3-27-18(23)19(22(24)25,12-14-5-4-6-15(20)11-14)13-21-16-7-9-17(26-2)10-8-16/h4-11,21H,3,12-13H2,1-2H3. The lowest BCUT2D eigenvalue weighted by molar-refractivity contribution is -0.551. The lowest BCUT2D eigenvalue weighted by atomic mass is 9.91. The number of anilines is 1. The third kappa shape index (κ3) is 5.10. The van der Waals surface area contributed by atoms with E-state index < -0.39 is 16.4 Å². The number of methoxy groups -OCH3 is 1. The molecule has 144 valence electrons. The zero-order valence-electron chi connectivity index (χ0n) is 15.1. The van der Waals surface area contributed by atoms with E-state index in [4.69, 9.17) is 21.1 Å². The van der Waals surface area contributed by atoms with Gasteiger partial charge >= 0.3 is 11.5 Å². The van der Waals surface area contributed by atoms with Crippen molar-refractivity contribution >= 4 is 23.3 Å². The van der Waals surface area contributed by atoms with E-state index in [0.717, 1.165) is 0 Å². The van der Waals surface area contributed by atoms with Crippen LogP contribution in [0.1, 0.15) is 12.5 Å². The molecule has 0 aliphatic heterocycles. The topological polar surface area (TPSA) is 90.7 Å². The van der Waals surface area contributed by atoms with E-state index in [0.29, 0.717) is 22.0 Å². The van der Waals surface area contributed by atoms with Crippen molar-refractivity contribution in [2.24, 2.45) is 0 Å². The van der Waals surface area contributed by atoms with Gasteiger partial charge in [-0.25, -0.2) is 4.79 Å². The Morgan fingerprint density at radius 3 is 2.52 bits per heavy atom. The van der Waals surface area contributed by atoms with E-state index in [2.05, 4.69) is 5.32 Å². The smallest absolute Gasteiger partial charge is 0.387 e. The Balaban J connectivity index is 2.31. The molecule has 0 saturated carbocycles. The van der Waals surface area contributed by atoms with Gasteiger partial charge in [-0.05, 0) is 48.9 Å². The first-order valence-corrected chi connectivity index (χ1v) is 8.73. The Kier molecular flexibility index (Phi) is 7.01. The maximum Gasteiger partial charge on any atom is 0.387 e. The second-order valence-electron chi connectivity index (χ2n) is 5.90. The molecule has 0 bridgehead atoms. The van der Waals surface area contributed by atoms with Crippen LogP contribution in [-0.2, 0) is 16.0 Å². The van der Waals surface area contributed by atoms with Gasteiger partial charge in [-0.2, -0.15) is 0 Å². The molecule has 0 amide bonds. The minimum absolute atomic E-state index is 0.0481. The lowest BCUT2D eigenvalue weighted by Crippen LogP contribution is -2.54. The summed E-state index contributed by atoms with van der Waals surface area (Å²) in [5.74, 6) is -0.235. The lowest BCUT2D eigenvalue weighted by Gasteiger charge is -2.24. The number of esters is 1. The van der Waals surface area contributed by atoms with Crippen LogP contribution in [0.5, 0.6) is 5.75 Å². The van der Waals surface area contributed by atoms with E-state index in [1.165, 1.54) is 0 Å². The second kappa shape index (κ2) is 9.23. The molecule has 1 atom stereocenters. The predicted molar refractivity (Wildman–Crippen MR) is 103 cm³/mol. The molecule has 2 aromatic carbocycles. The summed E-state index contributed by atoms with van der Waals surface area (Å²) < 4.78 is 10.1. The quantitative estimate of drug-likeness (QED) is 0.398. The van der Waals surface area contributed by atoms with Crippen molar-refractivity contribution in [1.82, 2.24) is 0 Å². The van der Waals surface area contributed by atoms with E-state index in [1.54, 1.807) is 62.6 Å². The molecule has 0 heterocycles. The summed E-state index contributed by atoms with van der Waals surface area (Å²) in [5, 5.41) is 15.4. The van der Waals surface area contributed by atoms with Gasteiger partial charge in [0.15, 0.2) is 0 Å². The minimum Gasteiger partial charge on any atom is -0.497 e. The highest BCUT2D eigenvalue weighted by Crippen LogP contribution is 2.24. The molecule has 0 radical (unpaired) electrons. The molecule has 1 N–H and O–H groups in total. The summed E-state index contributed by atoms with van der Waals surface area (Å²) in [6.07, 6.45) is -0.150. The van der Waals surface area contributed by atoms with Crippen LogP contribution in [0, 0.1) is 10.1 Å². The first-order valence-electron chi connectivity index (χ1n) is 8.35. The molecule has 0 saturated heterocycles. The molecule has 1 unspecified atom stereocenters. The first kappa shape index (κ1) is 20.5. The van der Waals surface area contributed by atoms with E-state index >= 15 is 0 Å². The highest BCUT2D eigenvalue weighted by molar-refractivity contribution is 6.30. The summed E-state index contributed by atoms with van der Waals surface area (Å²) in [6, 6.07) is 13.5. The maximum absolute atomic E-state index is 12.6. The van der Waals surface area contributed by atoms with E-state index in [9.17, 15) is 14.9 Å². The number of nitro groups is 1. The third-order valence-corrected chi connectivity index (χ3v) is 4.30. The fourth-order valence-corrected chi connectivity index (χ4v) is 2.83. The molecule has 27 heavy (non-hydrogen) atoms. The Hall–Kier alpha value is -2.80. The maximum atomic E-state index is 12.6. The van der Waals surface area contributed by atoms with E-state index in [-0.39, 0.29) is 19.6 Å². The molecule has 0 aliphatic carbocycles. The van der Waals surface area contributed by atoms with Crippen molar-refractivity contribution in [2.45, 2.75) is 18.9 Å². The molecular weight excluding hydrogens is 372 g/mol. The monoisotopic (exact) mass is 392 g/mol. The second-order valence-corrected chi connectivity index (χ2v) is 6.33. The molecule has 0 spiro atoms. The number of benzene rings is 2. The fraction of sp³-hybridized carbons (Fsp3) is 0.316. The molecule has 0 aliphatic rings. The van der Waals surface area contributed by atoms with Crippen LogP contribution in [0.15, 0.2) is 48.5 Å². The number of ether oxygens (including phenoxy) is 2. The molecule has 0 fully saturated rings. The summed E-state index contributed by atoms with van der Waals surface area (Å²) >= 11 is 5.98. The van der Waals surface area contributed by atoms with Crippen LogP contribution in [0.3, 0.4) is 0 Å². The summed E-state index contributed by atoms with van der Waals surface area (Å²) in [5.41, 5.74) is -0.790. The van der Waals surface area contributed by atoms with Crippen LogP contribution >= 0.6 is 11.6 Å². The van der Waals surface area contributed by atoms with Gasteiger partial charge in [0, 0.05) is 15.6 Å². The number of halogens is 1. The van der Waals surface area contributed by atoms with Crippen molar-refractivity contribution in [1.29, 1.82) is 0 Å². The van der Waals surface area contributed by atoms with Crippen LogP contribution in [0.4, 0.5) is 5.69 Å². The zero-order chi connectivity index (χ0) is 19.9. The van der Waals surface area contributed by atoms with Gasteiger partial charge in [-0.1, -0.05) is 23.7 Å². The van der Waals surface area contributed by atoms with Gasteiger partial charge in [-0.3, -0.25) is 10.1 Å². The Morgan fingerprint density at radius 1 is 1.26 bits per heavy atom. The Morgan fingerprint density at radius 2 is 1.96 bits per heavy atom. The number of carbonyl (C=O) groups is 1. The molecule has 8 heteroatoms. The summed E-state index contributed by atoms with van der Waals surface area (Å²) in [4.78, 5) is 23.9. The summed E-state index contributed by atoms with van der Waals surface area (Å²) in [7, 11) is 1.55. The SMILES string of the molecule is CCOC(=O)C(CNc1ccc(OC)cc1)(Cc1cccc(Cl)c1)[N+](=O)[O-]. The van der Waals surface area contributed by atoms with Crippen LogP contribution in [-0.4, -0.2) is 36.7 Å². The summed E-state index contributed by atoms with van der Waals surface area (Å²) in [6.45, 7) is 1.42. The van der Waals surface area contributed by atoms with Crippen molar-refractivity contribution < 1.29 is 19.2 Å². The highest BCUT2D eigenvalue weighted by atomic mass is 35.5. The molecule has 7 nitrogen and oxygen atoms in total. The largest absolute Gasteiger partial charge is 0.497 e. The van der Waals surface area contributed by atoms with Gasteiger partial charge in [0.25, 0.3) is 0 Å². The number of nitrogens with one attached hydrogen (secondary N) is 1.